The van der Waals surface area contributed by atoms with Crippen molar-refractivity contribution in [3.63, 3.8) is 0 Å². The normalized spacial score (nSPS) is 18.2. The molecule has 0 unspecified atom stereocenters. The quantitative estimate of drug-likeness (QED) is 0.603. The van der Waals surface area contributed by atoms with Crippen molar-refractivity contribution < 1.29 is 9.32 Å². The third-order valence-electron chi connectivity index (χ3n) is 6.32. The molecule has 160 valence electrons. The van der Waals surface area contributed by atoms with Gasteiger partial charge in [0.25, 0.3) is 0 Å². The van der Waals surface area contributed by atoms with Crippen LogP contribution in [0.5, 0.6) is 0 Å². The van der Waals surface area contributed by atoms with E-state index in [1.807, 2.05) is 29.2 Å². The highest BCUT2D eigenvalue weighted by Crippen LogP contribution is 2.49. The first-order chi connectivity index (χ1) is 15.0. The van der Waals surface area contributed by atoms with Crippen molar-refractivity contribution in [2.75, 3.05) is 26.2 Å². The van der Waals surface area contributed by atoms with Crippen LogP contribution in [0, 0.1) is 6.92 Å². The lowest BCUT2D eigenvalue weighted by Gasteiger charge is -2.36. The Labute approximate surface area is 186 Å². The minimum Gasteiger partial charge on any atom is -0.339 e. The molecule has 3 aromatic rings. The standard InChI is InChI=1S/C24H25ClN4O2/c1-17-3-2-4-19(15-17)24(9-10-24)23(30)29-13-11-28(12-14-29)16-21-26-22(27-31-21)18-5-7-20(25)8-6-18/h2-8,15H,9-14,16H2,1H3. The minimum absolute atomic E-state index is 0.278. The Bertz CT molecular complexity index is 1080. The summed E-state index contributed by atoms with van der Waals surface area (Å²) in [5, 5.41) is 4.76. The van der Waals surface area contributed by atoms with Gasteiger partial charge in [0.05, 0.1) is 12.0 Å². The van der Waals surface area contributed by atoms with E-state index in [-0.39, 0.29) is 11.3 Å². The van der Waals surface area contributed by atoms with Crippen LogP contribution in [0.25, 0.3) is 11.4 Å². The Morgan fingerprint density at radius 2 is 1.84 bits per heavy atom. The molecule has 0 radical (unpaired) electrons. The number of benzene rings is 2. The van der Waals surface area contributed by atoms with Crippen molar-refractivity contribution in [2.45, 2.75) is 31.7 Å². The molecule has 7 heteroatoms. The van der Waals surface area contributed by atoms with Gasteiger partial charge in [-0.25, -0.2) is 0 Å². The summed E-state index contributed by atoms with van der Waals surface area (Å²) in [5.74, 6) is 1.43. The average molecular weight is 437 g/mol. The van der Waals surface area contributed by atoms with E-state index < -0.39 is 0 Å². The number of carbonyl (C=O) groups is 1. The second-order valence-corrected chi connectivity index (χ2v) is 8.97. The molecule has 0 bridgehead atoms. The molecule has 2 fully saturated rings. The summed E-state index contributed by atoms with van der Waals surface area (Å²) in [7, 11) is 0. The van der Waals surface area contributed by atoms with Gasteiger partial charge in [-0.2, -0.15) is 4.98 Å². The maximum Gasteiger partial charge on any atom is 0.241 e. The van der Waals surface area contributed by atoms with Crippen molar-refractivity contribution in [1.29, 1.82) is 0 Å². The highest BCUT2D eigenvalue weighted by Gasteiger charge is 2.53. The summed E-state index contributed by atoms with van der Waals surface area (Å²) < 4.78 is 5.44. The molecule has 1 aliphatic heterocycles. The number of carbonyl (C=O) groups excluding carboxylic acids is 1. The van der Waals surface area contributed by atoms with Gasteiger partial charge < -0.3 is 9.42 Å². The lowest BCUT2D eigenvalue weighted by Crippen LogP contribution is -2.51. The molecule has 1 saturated carbocycles. The van der Waals surface area contributed by atoms with Gasteiger partial charge in [-0.3, -0.25) is 9.69 Å². The van der Waals surface area contributed by atoms with E-state index >= 15 is 0 Å². The first-order valence-corrected chi connectivity index (χ1v) is 11.1. The minimum atomic E-state index is -0.297. The lowest BCUT2D eigenvalue weighted by atomic mass is 9.92. The monoisotopic (exact) mass is 436 g/mol. The second-order valence-electron chi connectivity index (χ2n) is 8.54. The van der Waals surface area contributed by atoms with Gasteiger partial charge in [0, 0.05) is 36.8 Å². The first-order valence-electron chi connectivity index (χ1n) is 10.7. The number of halogens is 1. The fourth-order valence-electron chi connectivity index (χ4n) is 4.33. The maximum absolute atomic E-state index is 13.3. The van der Waals surface area contributed by atoms with Crippen LogP contribution in [0.4, 0.5) is 0 Å². The van der Waals surface area contributed by atoms with Gasteiger partial charge in [-0.05, 0) is 49.6 Å². The van der Waals surface area contributed by atoms with Crippen LogP contribution in [0.3, 0.4) is 0 Å². The van der Waals surface area contributed by atoms with E-state index in [9.17, 15) is 4.79 Å². The van der Waals surface area contributed by atoms with E-state index in [1.54, 1.807) is 0 Å². The fraction of sp³-hybridized carbons (Fsp3) is 0.375. The largest absolute Gasteiger partial charge is 0.339 e. The van der Waals surface area contributed by atoms with Crippen molar-refractivity contribution in [3.05, 3.63) is 70.6 Å². The topological polar surface area (TPSA) is 62.5 Å². The summed E-state index contributed by atoms with van der Waals surface area (Å²) in [6.45, 7) is 5.72. The van der Waals surface area contributed by atoms with Crippen LogP contribution < -0.4 is 0 Å². The van der Waals surface area contributed by atoms with Crippen LogP contribution in [0.15, 0.2) is 53.1 Å². The van der Waals surface area contributed by atoms with Gasteiger partial charge in [0.2, 0.25) is 17.6 Å². The van der Waals surface area contributed by atoms with Crippen LogP contribution in [0.1, 0.15) is 29.9 Å². The Morgan fingerprint density at radius 1 is 1.10 bits per heavy atom. The number of nitrogens with zero attached hydrogens (tertiary/aromatic N) is 4. The Hall–Kier alpha value is -2.70. The Morgan fingerprint density at radius 3 is 2.52 bits per heavy atom. The van der Waals surface area contributed by atoms with E-state index in [0.29, 0.717) is 23.3 Å². The van der Waals surface area contributed by atoms with Crippen LogP contribution in [-0.2, 0) is 16.8 Å². The molecule has 2 aliphatic rings. The highest BCUT2D eigenvalue weighted by molar-refractivity contribution is 6.30. The van der Waals surface area contributed by atoms with Gasteiger partial charge in [0.15, 0.2) is 0 Å². The van der Waals surface area contributed by atoms with Crippen molar-refractivity contribution in [1.82, 2.24) is 19.9 Å². The van der Waals surface area contributed by atoms with Crippen LogP contribution in [-0.4, -0.2) is 52.0 Å². The zero-order chi connectivity index (χ0) is 21.4. The van der Waals surface area contributed by atoms with E-state index in [0.717, 1.165) is 44.6 Å². The van der Waals surface area contributed by atoms with E-state index in [2.05, 4.69) is 46.2 Å². The number of rotatable bonds is 5. The summed E-state index contributed by atoms with van der Waals surface area (Å²) in [5.41, 5.74) is 2.95. The molecule has 5 rings (SSSR count). The summed E-state index contributed by atoms with van der Waals surface area (Å²) in [6, 6.07) is 15.8. The number of piperazine rings is 1. The number of aromatic nitrogens is 2. The number of amides is 1. The summed E-state index contributed by atoms with van der Waals surface area (Å²) in [6.07, 6.45) is 1.90. The second kappa shape index (κ2) is 8.09. The third kappa shape index (κ3) is 4.10. The van der Waals surface area contributed by atoms with Gasteiger partial charge in [-0.1, -0.05) is 46.6 Å². The highest BCUT2D eigenvalue weighted by atomic mass is 35.5. The number of hydrogen-bond acceptors (Lipinski definition) is 5. The molecule has 1 aliphatic carbocycles. The smallest absolute Gasteiger partial charge is 0.241 e. The maximum atomic E-state index is 13.3. The molecule has 2 aromatic carbocycles. The zero-order valence-corrected chi connectivity index (χ0v) is 18.3. The molecule has 1 saturated heterocycles. The average Bonchev–Trinajstić information content (AvgIpc) is 3.47. The molecule has 6 nitrogen and oxygen atoms in total. The fourth-order valence-corrected chi connectivity index (χ4v) is 4.46. The molecule has 0 spiro atoms. The molecule has 0 atom stereocenters. The number of aryl methyl sites for hydroxylation is 1. The molecule has 1 aromatic heterocycles. The van der Waals surface area contributed by atoms with Gasteiger partial charge in [0.1, 0.15) is 0 Å². The van der Waals surface area contributed by atoms with E-state index in [1.165, 1.54) is 11.1 Å². The van der Waals surface area contributed by atoms with Gasteiger partial charge in [-0.15, -0.1) is 0 Å². The molecule has 31 heavy (non-hydrogen) atoms. The number of hydrogen-bond donors (Lipinski definition) is 0. The van der Waals surface area contributed by atoms with Crippen LogP contribution in [0.2, 0.25) is 5.02 Å². The van der Waals surface area contributed by atoms with Crippen LogP contribution >= 0.6 is 11.6 Å². The summed E-state index contributed by atoms with van der Waals surface area (Å²) in [4.78, 5) is 22.1. The van der Waals surface area contributed by atoms with Crippen molar-refractivity contribution in [3.8, 4) is 11.4 Å². The molecular formula is C24H25ClN4O2. The molecular weight excluding hydrogens is 412 g/mol. The van der Waals surface area contributed by atoms with E-state index in [4.69, 9.17) is 16.1 Å². The Kier molecular flexibility index (Phi) is 5.28. The first kappa shape index (κ1) is 20.2. The Balaban J connectivity index is 1.19. The lowest BCUT2D eigenvalue weighted by molar-refractivity contribution is -0.135. The zero-order valence-electron chi connectivity index (χ0n) is 17.6. The predicted octanol–water partition coefficient (Wildman–Crippen LogP) is 4.07. The van der Waals surface area contributed by atoms with Crippen molar-refractivity contribution >= 4 is 17.5 Å². The summed E-state index contributed by atoms with van der Waals surface area (Å²) >= 11 is 5.94. The molecule has 0 N–H and O–H groups in total. The molecule has 2 heterocycles. The van der Waals surface area contributed by atoms with Gasteiger partial charge >= 0.3 is 0 Å². The predicted molar refractivity (Wildman–Crippen MR) is 119 cm³/mol. The third-order valence-corrected chi connectivity index (χ3v) is 6.57. The van der Waals surface area contributed by atoms with Crippen molar-refractivity contribution in [2.24, 2.45) is 0 Å². The SMILES string of the molecule is Cc1cccc(C2(C(=O)N3CCN(Cc4nc(-c5ccc(Cl)cc5)no4)CC3)CC2)c1. The molecule has 1 amide bonds.